The molecule has 1 fully saturated rings. The van der Waals surface area contributed by atoms with Crippen LogP contribution in [0.4, 0.5) is 0 Å². The fraction of sp³-hybridized carbons (Fsp3) is 0.760. The van der Waals surface area contributed by atoms with Gasteiger partial charge in [-0.2, -0.15) is 8.42 Å². The standard InChI is InChI=1S/C25H46O6SSi2/c1-18-12-14-19(15-13-18)32(27,28)29-22-16-20(26)21(30-33(8,9)24(2,3)4)17-23(22)31-34(10,11)25(5,6)7/h12-15,20-23,26H,16-17H2,1-11H3/t20-,21-,22-,23-/m1/s1. The molecule has 0 radical (unpaired) electrons. The van der Waals surface area contributed by atoms with E-state index in [2.05, 4.69) is 67.7 Å². The van der Waals surface area contributed by atoms with Crippen LogP contribution in [-0.2, 0) is 23.2 Å². The summed E-state index contributed by atoms with van der Waals surface area (Å²) in [5, 5.41) is 11.0. The summed E-state index contributed by atoms with van der Waals surface area (Å²) < 4.78 is 45.2. The molecule has 0 spiro atoms. The number of hydrogen-bond acceptors (Lipinski definition) is 6. The Bertz CT molecular complexity index is 930. The molecule has 1 N–H and O–H groups in total. The van der Waals surface area contributed by atoms with Crippen LogP contribution in [0.25, 0.3) is 0 Å². The molecule has 0 saturated heterocycles. The van der Waals surface area contributed by atoms with E-state index in [0.29, 0.717) is 6.42 Å². The molecule has 0 heterocycles. The van der Waals surface area contributed by atoms with Crippen molar-refractivity contribution in [1.29, 1.82) is 0 Å². The third kappa shape index (κ3) is 7.02. The van der Waals surface area contributed by atoms with Crippen LogP contribution in [0.3, 0.4) is 0 Å². The van der Waals surface area contributed by atoms with E-state index in [1.165, 1.54) is 0 Å². The summed E-state index contributed by atoms with van der Waals surface area (Å²) in [5.41, 5.74) is 0.969. The van der Waals surface area contributed by atoms with Gasteiger partial charge in [-0.3, -0.25) is 4.18 Å². The highest BCUT2D eigenvalue weighted by Crippen LogP contribution is 2.43. The molecule has 2 rings (SSSR count). The molecule has 0 aliphatic heterocycles. The molecule has 1 aromatic rings. The highest BCUT2D eigenvalue weighted by atomic mass is 32.2. The highest BCUT2D eigenvalue weighted by Gasteiger charge is 2.49. The van der Waals surface area contributed by atoms with E-state index in [0.717, 1.165) is 5.56 Å². The van der Waals surface area contributed by atoms with Crippen molar-refractivity contribution in [2.24, 2.45) is 0 Å². The Kier molecular flexibility index (Phi) is 8.79. The number of hydrogen-bond donors (Lipinski definition) is 1. The minimum absolute atomic E-state index is 0.00929. The lowest BCUT2D eigenvalue weighted by Crippen LogP contribution is -2.56. The summed E-state index contributed by atoms with van der Waals surface area (Å²) in [6.45, 7) is 23.5. The summed E-state index contributed by atoms with van der Waals surface area (Å²) in [6, 6.07) is 6.60. The van der Waals surface area contributed by atoms with Crippen molar-refractivity contribution in [2.45, 2.75) is 127 Å². The van der Waals surface area contributed by atoms with Crippen molar-refractivity contribution in [3.8, 4) is 0 Å². The van der Waals surface area contributed by atoms with Crippen LogP contribution in [-0.4, -0.2) is 54.6 Å². The van der Waals surface area contributed by atoms with E-state index in [9.17, 15) is 13.5 Å². The summed E-state index contributed by atoms with van der Waals surface area (Å²) in [6.07, 6.45) is -1.98. The lowest BCUT2D eigenvalue weighted by Gasteiger charge is -2.47. The minimum Gasteiger partial charge on any atom is -0.411 e. The van der Waals surface area contributed by atoms with Gasteiger partial charge in [0.2, 0.25) is 0 Å². The quantitative estimate of drug-likeness (QED) is 0.344. The third-order valence-corrected chi connectivity index (χ3v) is 18.2. The number of rotatable bonds is 7. The van der Waals surface area contributed by atoms with Gasteiger partial charge < -0.3 is 14.0 Å². The molecule has 1 aliphatic carbocycles. The fourth-order valence-corrected chi connectivity index (χ4v) is 7.30. The largest absolute Gasteiger partial charge is 0.411 e. The maximum atomic E-state index is 13.1. The van der Waals surface area contributed by atoms with Crippen LogP contribution in [0, 0.1) is 6.92 Å². The molecule has 0 bridgehead atoms. The van der Waals surface area contributed by atoms with E-state index in [4.69, 9.17) is 13.0 Å². The molecule has 1 aliphatic rings. The average molecular weight is 531 g/mol. The predicted molar refractivity (Wildman–Crippen MR) is 143 cm³/mol. The van der Waals surface area contributed by atoms with Gasteiger partial charge in [0.25, 0.3) is 10.1 Å². The van der Waals surface area contributed by atoms with Gasteiger partial charge in [0.15, 0.2) is 16.6 Å². The molecule has 9 heteroatoms. The molecule has 4 atom stereocenters. The van der Waals surface area contributed by atoms with Crippen molar-refractivity contribution in [3.05, 3.63) is 29.8 Å². The van der Waals surface area contributed by atoms with Crippen molar-refractivity contribution >= 4 is 26.8 Å². The van der Waals surface area contributed by atoms with Crippen molar-refractivity contribution in [1.82, 2.24) is 0 Å². The zero-order valence-corrected chi connectivity index (χ0v) is 25.7. The SMILES string of the molecule is Cc1ccc(S(=O)(=O)O[C@@H]2C[C@@H](O)[C@H](O[Si](C)(C)C(C)(C)C)C[C@H]2O[Si](C)(C)C(C)(C)C)cc1. The first-order chi connectivity index (χ1) is 15.2. The number of aliphatic hydroxyl groups is 1. The molecule has 34 heavy (non-hydrogen) atoms. The highest BCUT2D eigenvalue weighted by molar-refractivity contribution is 7.86. The van der Waals surface area contributed by atoms with E-state index >= 15 is 0 Å². The van der Waals surface area contributed by atoms with Crippen LogP contribution in [0.15, 0.2) is 29.2 Å². The normalized spacial score (nSPS) is 25.4. The van der Waals surface area contributed by atoms with Gasteiger partial charge in [0.1, 0.15) is 6.10 Å². The molecule has 1 aromatic carbocycles. The summed E-state index contributed by atoms with van der Waals surface area (Å²) in [4.78, 5) is 0.110. The second-order valence-corrected chi connectivity index (χ2v) is 23.9. The van der Waals surface area contributed by atoms with Crippen molar-refractivity contribution < 1.29 is 26.6 Å². The number of aliphatic hydroxyl groups excluding tert-OH is 1. The lowest BCUT2D eigenvalue weighted by atomic mass is 9.90. The second-order valence-electron chi connectivity index (χ2n) is 12.8. The first-order valence-corrected chi connectivity index (χ1v) is 19.4. The van der Waals surface area contributed by atoms with Crippen molar-refractivity contribution in [2.75, 3.05) is 0 Å². The predicted octanol–water partition coefficient (Wildman–Crippen LogP) is 6.00. The Hall–Kier alpha value is -0.556. The van der Waals surface area contributed by atoms with Gasteiger partial charge in [-0.1, -0.05) is 59.2 Å². The van der Waals surface area contributed by atoms with Gasteiger partial charge in [-0.25, -0.2) is 0 Å². The molecule has 0 unspecified atom stereocenters. The molecule has 6 nitrogen and oxygen atoms in total. The molecule has 1 saturated carbocycles. The molecular formula is C25H46O6SSi2. The zero-order valence-electron chi connectivity index (χ0n) is 22.9. The number of benzene rings is 1. The monoisotopic (exact) mass is 530 g/mol. The van der Waals surface area contributed by atoms with Crippen LogP contribution in [0.2, 0.25) is 36.3 Å². The Morgan fingerprint density at radius 1 is 0.794 bits per heavy atom. The Morgan fingerprint density at radius 3 is 1.68 bits per heavy atom. The Balaban J connectivity index is 2.36. The topological polar surface area (TPSA) is 82.1 Å². The van der Waals surface area contributed by atoms with E-state index in [1.54, 1.807) is 24.3 Å². The minimum atomic E-state index is -4.01. The zero-order chi connectivity index (χ0) is 26.3. The molecule has 196 valence electrons. The van der Waals surface area contributed by atoms with Crippen LogP contribution in [0.5, 0.6) is 0 Å². The maximum absolute atomic E-state index is 13.1. The molecule has 0 aromatic heterocycles. The summed E-state index contributed by atoms with van der Waals surface area (Å²) in [5.74, 6) is 0. The van der Waals surface area contributed by atoms with E-state index < -0.39 is 51.2 Å². The lowest BCUT2D eigenvalue weighted by molar-refractivity contribution is -0.0882. The summed E-state index contributed by atoms with van der Waals surface area (Å²) >= 11 is 0. The maximum Gasteiger partial charge on any atom is 0.297 e. The van der Waals surface area contributed by atoms with Gasteiger partial charge in [0, 0.05) is 12.8 Å². The third-order valence-electron chi connectivity index (χ3n) is 7.85. The molecule has 0 amide bonds. The van der Waals surface area contributed by atoms with Crippen LogP contribution < -0.4 is 0 Å². The Morgan fingerprint density at radius 2 is 1.24 bits per heavy atom. The summed E-state index contributed by atoms with van der Waals surface area (Å²) in [7, 11) is -8.40. The smallest absolute Gasteiger partial charge is 0.297 e. The van der Waals surface area contributed by atoms with Gasteiger partial charge in [0.05, 0.1) is 23.2 Å². The first kappa shape index (κ1) is 29.7. The number of aryl methyl sites for hydroxylation is 1. The van der Waals surface area contributed by atoms with Crippen LogP contribution >= 0.6 is 0 Å². The van der Waals surface area contributed by atoms with Gasteiger partial charge in [-0.05, 0) is 55.3 Å². The van der Waals surface area contributed by atoms with E-state index in [1.807, 2.05) is 6.92 Å². The molecular weight excluding hydrogens is 485 g/mol. The van der Waals surface area contributed by atoms with Gasteiger partial charge in [-0.15, -0.1) is 0 Å². The van der Waals surface area contributed by atoms with Crippen LogP contribution in [0.1, 0.15) is 59.9 Å². The Labute approximate surface area is 209 Å². The average Bonchev–Trinajstić information content (AvgIpc) is 2.63. The fourth-order valence-electron chi connectivity index (χ4n) is 3.46. The van der Waals surface area contributed by atoms with Gasteiger partial charge >= 0.3 is 0 Å². The first-order valence-electron chi connectivity index (χ1n) is 12.2. The van der Waals surface area contributed by atoms with E-state index in [-0.39, 0.29) is 21.4 Å². The van der Waals surface area contributed by atoms with Crippen molar-refractivity contribution in [3.63, 3.8) is 0 Å². The second kappa shape index (κ2) is 10.1.